The van der Waals surface area contributed by atoms with Gasteiger partial charge in [0, 0.05) is 38.1 Å². The molecule has 7 heteroatoms. The third-order valence-corrected chi connectivity index (χ3v) is 3.81. The fourth-order valence-corrected chi connectivity index (χ4v) is 2.65. The Kier molecular flexibility index (Phi) is 4.24. The van der Waals surface area contributed by atoms with Crippen LogP contribution in [0.4, 0.5) is 0 Å². The van der Waals surface area contributed by atoms with E-state index in [1.807, 2.05) is 43.9 Å². The molecule has 3 rings (SSSR count). The van der Waals surface area contributed by atoms with Crippen molar-refractivity contribution in [2.75, 3.05) is 7.05 Å². The van der Waals surface area contributed by atoms with E-state index < -0.39 is 0 Å². The molecule has 126 valence electrons. The van der Waals surface area contributed by atoms with Gasteiger partial charge in [-0.25, -0.2) is 0 Å². The van der Waals surface area contributed by atoms with Gasteiger partial charge in [-0.15, -0.1) is 0 Å². The Labute approximate surface area is 140 Å². The van der Waals surface area contributed by atoms with Gasteiger partial charge in [0.1, 0.15) is 5.76 Å². The molecule has 0 aromatic carbocycles. The van der Waals surface area contributed by atoms with Crippen LogP contribution in [0.1, 0.15) is 33.3 Å². The van der Waals surface area contributed by atoms with Crippen molar-refractivity contribution < 1.29 is 9.21 Å². The number of aromatic nitrogens is 4. The van der Waals surface area contributed by atoms with Crippen molar-refractivity contribution in [3.8, 4) is 0 Å². The maximum Gasteiger partial charge on any atom is 0.289 e. The summed E-state index contributed by atoms with van der Waals surface area (Å²) in [5.41, 5.74) is 3.00. The Morgan fingerprint density at radius 3 is 2.75 bits per heavy atom. The predicted molar refractivity (Wildman–Crippen MR) is 88.5 cm³/mol. The zero-order valence-corrected chi connectivity index (χ0v) is 14.4. The summed E-state index contributed by atoms with van der Waals surface area (Å²) in [5.74, 6) is 0.885. The van der Waals surface area contributed by atoms with Crippen LogP contribution in [-0.2, 0) is 20.1 Å². The lowest BCUT2D eigenvalue weighted by molar-refractivity contribution is 0.0751. The third-order valence-electron chi connectivity index (χ3n) is 3.81. The normalized spacial score (nSPS) is 11.0. The topological polar surface area (TPSA) is 69.1 Å². The number of hydrogen-bond donors (Lipinski definition) is 0. The van der Waals surface area contributed by atoms with Crippen LogP contribution in [0.25, 0.3) is 0 Å². The zero-order chi connectivity index (χ0) is 17.3. The number of aryl methyl sites for hydroxylation is 3. The van der Waals surface area contributed by atoms with Gasteiger partial charge in [-0.3, -0.25) is 14.2 Å². The van der Waals surface area contributed by atoms with Crippen LogP contribution in [0.5, 0.6) is 0 Å². The van der Waals surface area contributed by atoms with Gasteiger partial charge in [0.2, 0.25) is 0 Å². The summed E-state index contributed by atoms with van der Waals surface area (Å²) in [5, 5.41) is 8.51. The van der Waals surface area contributed by atoms with E-state index in [2.05, 4.69) is 10.2 Å². The van der Waals surface area contributed by atoms with E-state index in [1.54, 1.807) is 28.9 Å². The third kappa shape index (κ3) is 3.40. The first-order chi connectivity index (χ1) is 11.4. The number of amides is 1. The molecule has 0 aliphatic heterocycles. The number of hydrogen-bond acceptors (Lipinski definition) is 4. The van der Waals surface area contributed by atoms with Crippen molar-refractivity contribution in [1.82, 2.24) is 24.5 Å². The molecule has 7 nitrogen and oxygen atoms in total. The minimum atomic E-state index is -0.154. The summed E-state index contributed by atoms with van der Waals surface area (Å²) in [6, 6.07) is 5.54. The Morgan fingerprint density at radius 2 is 2.12 bits per heavy atom. The van der Waals surface area contributed by atoms with Crippen molar-refractivity contribution in [3.63, 3.8) is 0 Å². The van der Waals surface area contributed by atoms with E-state index in [4.69, 9.17) is 4.42 Å². The lowest BCUT2D eigenvalue weighted by atomic mass is 10.3. The number of carbonyl (C=O) groups is 1. The van der Waals surface area contributed by atoms with Gasteiger partial charge >= 0.3 is 0 Å². The molecule has 3 aromatic rings. The molecule has 0 bridgehead atoms. The highest BCUT2D eigenvalue weighted by Crippen LogP contribution is 2.14. The van der Waals surface area contributed by atoms with Gasteiger partial charge in [-0.2, -0.15) is 10.2 Å². The van der Waals surface area contributed by atoms with Crippen molar-refractivity contribution >= 4 is 5.91 Å². The molecule has 0 aliphatic carbocycles. The number of carbonyl (C=O) groups excluding carboxylic acids is 1. The van der Waals surface area contributed by atoms with Gasteiger partial charge in [0.15, 0.2) is 5.76 Å². The molecule has 0 fully saturated rings. The minimum Gasteiger partial charge on any atom is -0.454 e. The summed E-state index contributed by atoms with van der Waals surface area (Å²) in [7, 11) is 3.60. The van der Waals surface area contributed by atoms with Crippen molar-refractivity contribution in [3.05, 3.63) is 59.1 Å². The molecule has 3 aromatic heterocycles. The van der Waals surface area contributed by atoms with Crippen LogP contribution in [-0.4, -0.2) is 37.4 Å². The smallest absolute Gasteiger partial charge is 0.289 e. The SMILES string of the molecule is Cc1cc(C)n(Cc2ccc(C(=O)N(C)Cc3cnn(C)c3)o2)n1. The van der Waals surface area contributed by atoms with Gasteiger partial charge in [0.05, 0.1) is 18.4 Å². The second-order valence-electron chi connectivity index (χ2n) is 6.03. The fourth-order valence-electron chi connectivity index (χ4n) is 2.65. The van der Waals surface area contributed by atoms with Crippen LogP contribution in [0.15, 0.2) is 35.0 Å². The van der Waals surface area contributed by atoms with Crippen LogP contribution < -0.4 is 0 Å². The fraction of sp³-hybridized carbons (Fsp3) is 0.353. The molecule has 0 radical (unpaired) electrons. The summed E-state index contributed by atoms with van der Waals surface area (Å²) in [6.45, 7) is 4.95. The maximum atomic E-state index is 12.5. The van der Waals surface area contributed by atoms with Crippen LogP contribution in [0, 0.1) is 13.8 Å². The van der Waals surface area contributed by atoms with Crippen LogP contribution in [0.2, 0.25) is 0 Å². The van der Waals surface area contributed by atoms with Crippen LogP contribution in [0.3, 0.4) is 0 Å². The summed E-state index contributed by atoms with van der Waals surface area (Å²) >= 11 is 0. The molecule has 1 amide bonds. The highest BCUT2D eigenvalue weighted by Gasteiger charge is 2.17. The second kappa shape index (κ2) is 6.35. The highest BCUT2D eigenvalue weighted by molar-refractivity contribution is 5.91. The van der Waals surface area contributed by atoms with Gasteiger partial charge in [-0.05, 0) is 32.0 Å². The Hall–Kier alpha value is -2.83. The summed E-state index contributed by atoms with van der Waals surface area (Å²) in [4.78, 5) is 14.1. The minimum absolute atomic E-state index is 0.154. The van der Waals surface area contributed by atoms with E-state index in [0.717, 1.165) is 17.0 Å². The quantitative estimate of drug-likeness (QED) is 0.720. The summed E-state index contributed by atoms with van der Waals surface area (Å²) in [6.07, 6.45) is 3.64. The van der Waals surface area contributed by atoms with Gasteiger partial charge < -0.3 is 9.32 Å². The number of rotatable bonds is 5. The monoisotopic (exact) mass is 327 g/mol. The Morgan fingerprint density at radius 1 is 1.33 bits per heavy atom. The first-order valence-corrected chi connectivity index (χ1v) is 7.75. The first-order valence-electron chi connectivity index (χ1n) is 7.75. The van der Waals surface area contributed by atoms with Crippen molar-refractivity contribution in [1.29, 1.82) is 0 Å². The van der Waals surface area contributed by atoms with Crippen molar-refractivity contribution in [2.45, 2.75) is 26.9 Å². The number of nitrogens with zero attached hydrogens (tertiary/aromatic N) is 5. The molecule has 24 heavy (non-hydrogen) atoms. The molecule has 0 atom stereocenters. The van der Waals surface area contributed by atoms with Gasteiger partial charge in [-0.1, -0.05) is 0 Å². The highest BCUT2D eigenvalue weighted by atomic mass is 16.4. The average molecular weight is 327 g/mol. The predicted octanol–water partition coefficient (Wildman–Crippen LogP) is 2.15. The average Bonchev–Trinajstić information content (AvgIpc) is 3.21. The molecule has 0 N–H and O–H groups in total. The largest absolute Gasteiger partial charge is 0.454 e. The molecule has 0 saturated carbocycles. The molecular formula is C17H21N5O2. The van der Waals surface area contributed by atoms with E-state index >= 15 is 0 Å². The van der Waals surface area contributed by atoms with Gasteiger partial charge in [0.25, 0.3) is 5.91 Å². The van der Waals surface area contributed by atoms with Crippen LogP contribution >= 0.6 is 0 Å². The molecule has 0 aliphatic rings. The second-order valence-corrected chi connectivity index (χ2v) is 6.03. The number of furan rings is 1. The summed E-state index contributed by atoms with van der Waals surface area (Å²) < 4.78 is 9.28. The molecule has 0 spiro atoms. The molecule has 0 saturated heterocycles. The Balaban J connectivity index is 1.67. The van der Waals surface area contributed by atoms with E-state index in [1.165, 1.54) is 0 Å². The molecule has 0 unspecified atom stereocenters. The molecular weight excluding hydrogens is 306 g/mol. The molecule has 3 heterocycles. The maximum absolute atomic E-state index is 12.5. The van der Waals surface area contributed by atoms with Crippen molar-refractivity contribution in [2.24, 2.45) is 7.05 Å². The first kappa shape index (κ1) is 16.0. The standard InChI is InChI=1S/C17H21N5O2/c1-12-7-13(2)22(19-12)11-15-5-6-16(24-15)17(23)20(3)9-14-8-18-21(4)10-14/h5-8,10H,9,11H2,1-4H3. The van der Waals surface area contributed by atoms with E-state index in [0.29, 0.717) is 24.6 Å². The van der Waals surface area contributed by atoms with E-state index in [9.17, 15) is 4.79 Å². The Bertz CT molecular complexity index is 858. The lowest BCUT2D eigenvalue weighted by Crippen LogP contribution is -2.25. The van der Waals surface area contributed by atoms with E-state index in [-0.39, 0.29) is 5.91 Å². The zero-order valence-electron chi connectivity index (χ0n) is 14.4. The lowest BCUT2D eigenvalue weighted by Gasteiger charge is -2.14.